The fourth-order valence-corrected chi connectivity index (χ4v) is 5.14. The van der Waals surface area contributed by atoms with Gasteiger partial charge in [0.05, 0.1) is 28.3 Å². The van der Waals surface area contributed by atoms with E-state index >= 15 is 0 Å². The lowest BCUT2D eigenvalue weighted by atomic mass is 9.96. The minimum atomic E-state index is -4.64. The van der Waals surface area contributed by atoms with Crippen LogP contribution in [0.15, 0.2) is 70.1 Å². The van der Waals surface area contributed by atoms with E-state index in [0.29, 0.717) is 28.3 Å². The molecule has 3 heterocycles. The fraction of sp³-hybridized carbons (Fsp3) is 0.167. The van der Waals surface area contributed by atoms with Crippen molar-refractivity contribution in [3.63, 3.8) is 0 Å². The molecule has 36 heavy (non-hydrogen) atoms. The molecule has 0 bridgehead atoms. The van der Waals surface area contributed by atoms with Gasteiger partial charge in [-0.25, -0.2) is 4.98 Å². The number of aromatic nitrogens is 3. The number of thiazole rings is 1. The van der Waals surface area contributed by atoms with E-state index in [2.05, 4.69) is 15.2 Å². The van der Waals surface area contributed by atoms with Gasteiger partial charge in [0, 0.05) is 42.5 Å². The molecule has 0 radical (unpaired) electrons. The zero-order valence-electron chi connectivity index (χ0n) is 18.4. The summed E-state index contributed by atoms with van der Waals surface area (Å²) in [6.07, 6.45) is 1.61. The molecule has 0 unspecified atom stereocenters. The summed E-state index contributed by atoms with van der Waals surface area (Å²) in [6.45, 7) is 0.542. The van der Waals surface area contributed by atoms with Crippen LogP contribution >= 0.6 is 22.9 Å². The molecule has 1 aliphatic rings. The summed E-state index contributed by atoms with van der Waals surface area (Å²) in [4.78, 5) is 16.5. The highest BCUT2D eigenvalue weighted by Gasteiger charge is 2.34. The second-order valence-electron chi connectivity index (χ2n) is 8.05. The quantitative estimate of drug-likeness (QED) is 0.413. The van der Waals surface area contributed by atoms with Crippen molar-refractivity contribution in [3.05, 3.63) is 102 Å². The van der Waals surface area contributed by atoms with Gasteiger partial charge >= 0.3 is 11.0 Å². The number of nitrogens with zero attached hydrogens (tertiary/aromatic N) is 5. The number of halogens is 4. The molecule has 0 atom stereocenters. The Labute approximate surface area is 210 Å². The number of aryl methyl sites for hydroxylation is 1. The maximum absolute atomic E-state index is 13.8. The zero-order chi connectivity index (χ0) is 25.4. The van der Waals surface area contributed by atoms with Gasteiger partial charge in [-0.2, -0.15) is 23.4 Å². The van der Waals surface area contributed by atoms with Crippen LogP contribution in [-0.4, -0.2) is 25.4 Å². The van der Waals surface area contributed by atoms with Gasteiger partial charge in [0.2, 0.25) is 5.88 Å². The molecule has 4 aromatic rings. The predicted molar refractivity (Wildman–Crippen MR) is 130 cm³/mol. The van der Waals surface area contributed by atoms with Crippen LogP contribution in [0.1, 0.15) is 21.6 Å². The standard InChI is InChI=1S/C24H17ClF3N5O2S/c25-17-3-1-15(19(11-17)24(26,27)28)10-18(14-2-4-20-16(9-14)12-30-31-20)21-22(34)33(23(35)36-21)8-7-32-6-5-29-13-32/h1-6,9,11-13,34H,7-8,10H2. The first-order chi connectivity index (χ1) is 17.2. The van der Waals surface area contributed by atoms with Gasteiger partial charge in [-0.05, 0) is 40.6 Å². The third kappa shape index (κ3) is 4.71. The minimum Gasteiger partial charge on any atom is -0.493 e. The first-order valence-corrected chi connectivity index (χ1v) is 11.9. The Balaban J connectivity index is 1.66. The average Bonchev–Trinajstić information content (AvgIpc) is 3.57. The second-order valence-corrected chi connectivity index (χ2v) is 9.44. The summed E-state index contributed by atoms with van der Waals surface area (Å²) < 4.78 is 44.5. The maximum atomic E-state index is 13.8. The molecule has 5 rings (SSSR count). The van der Waals surface area contributed by atoms with Gasteiger partial charge in [0.25, 0.3) is 0 Å². The molecule has 0 fully saturated rings. The zero-order valence-corrected chi connectivity index (χ0v) is 20.0. The molecular weight excluding hydrogens is 515 g/mol. The summed E-state index contributed by atoms with van der Waals surface area (Å²) in [5, 5.41) is 20.0. The van der Waals surface area contributed by atoms with Crippen molar-refractivity contribution in [2.24, 2.45) is 10.2 Å². The number of benzene rings is 2. The Hall–Kier alpha value is -3.70. The van der Waals surface area contributed by atoms with Crippen molar-refractivity contribution in [1.82, 2.24) is 14.1 Å². The summed E-state index contributed by atoms with van der Waals surface area (Å²) in [6, 6.07) is 8.69. The number of imidazole rings is 1. The minimum absolute atomic E-state index is 0.0361. The van der Waals surface area contributed by atoms with E-state index in [4.69, 9.17) is 11.6 Å². The molecule has 12 heteroatoms. The van der Waals surface area contributed by atoms with Gasteiger partial charge in [-0.3, -0.25) is 9.36 Å². The highest BCUT2D eigenvalue weighted by atomic mass is 35.5. The number of rotatable bonds is 6. The summed E-state index contributed by atoms with van der Waals surface area (Å²) >= 11 is 6.64. The van der Waals surface area contributed by atoms with Gasteiger partial charge in [0.15, 0.2) is 0 Å². The van der Waals surface area contributed by atoms with E-state index < -0.39 is 16.6 Å². The van der Waals surface area contributed by atoms with E-state index in [1.54, 1.807) is 47.7 Å². The van der Waals surface area contributed by atoms with Crippen LogP contribution in [0.25, 0.3) is 5.57 Å². The monoisotopic (exact) mass is 531 g/mol. The van der Waals surface area contributed by atoms with Gasteiger partial charge in [-0.1, -0.05) is 35.1 Å². The van der Waals surface area contributed by atoms with E-state index in [1.807, 2.05) is 0 Å². The molecule has 1 aliphatic heterocycles. The predicted octanol–water partition coefficient (Wildman–Crippen LogP) is 3.59. The van der Waals surface area contributed by atoms with Gasteiger partial charge < -0.3 is 9.67 Å². The molecule has 184 valence electrons. The van der Waals surface area contributed by atoms with Crippen molar-refractivity contribution in [3.8, 4) is 5.88 Å². The molecule has 7 nitrogen and oxygen atoms in total. The molecule has 0 saturated carbocycles. The Morgan fingerprint density at radius 3 is 2.72 bits per heavy atom. The van der Waals surface area contributed by atoms with Crippen molar-refractivity contribution in [2.45, 2.75) is 25.7 Å². The molecule has 0 saturated heterocycles. The lowest BCUT2D eigenvalue weighted by Crippen LogP contribution is -2.17. The van der Waals surface area contributed by atoms with Crippen LogP contribution in [0.4, 0.5) is 13.2 Å². The Kier molecular flexibility index (Phi) is 6.27. The third-order valence-corrected chi connectivity index (χ3v) is 7.03. The lowest BCUT2D eigenvalue weighted by Gasteiger charge is -2.15. The summed E-state index contributed by atoms with van der Waals surface area (Å²) in [5.41, 5.74) is 0.137. The van der Waals surface area contributed by atoms with E-state index in [9.17, 15) is 23.1 Å². The Morgan fingerprint density at radius 2 is 1.97 bits per heavy atom. The van der Waals surface area contributed by atoms with E-state index in [-0.39, 0.29) is 34.3 Å². The number of hydrogen-bond donors (Lipinski definition) is 1. The Bertz CT molecular complexity index is 1660. The molecule has 0 amide bonds. The van der Waals surface area contributed by atoms with Crippen molar-refractivity contribution in [1.29, 1.82) is 0 Å². The van der Waals surface area contributed by atoms with Crippen LogP contribution in [0.3, 0.4) is 0 Å². The molecule has 0 aliphatic carbocycles. The smallest absolute Gasteiger partial charge is 0.416 e. The molecular formula is C24H17ClF3N5O2S. The average molecular weight is 532 g/mol. The highest BCUT2D eigenvalue weighted by molar-refractivity contribution is 7.10. The van der Waals surface area contributed by atoms with Crippen molar-refractivity contribution in [2.75, 3.05) is 0 Å². The van der Waals surface area contributed by atoms with Crippen LogP contribution in [-0.2, 0) is 25.7 Å². The third-order valence-electron chi connectivity index (χ3n) is 5.77. The largest absolute Gasteiger partial charge is 0.493 e. The van der Waals surface area contributed by atoms with Crippen LogP contribution in [0, 0.1) is 0 Å². The first kappa shape index (κ1) is 24.0. The number of hydrogen-bond acceptors (Lipinski definition) is 6. The molecule has 2 aromatic heterocycles. The fourth-order valence-electron chi connectivity index (χ4n) is 3.99. The summed E-state index contributed by atoms with van der Waals surface area (Å²) in [5.74, 6) is -0.304. The van der Waals surface area contributed by atoms with E-state index in [1.165, 1.54) is 16.7 Å². The van der Waals surface area contributed by atoms with Crippen LogP contribution in [0.2, 0.25) is 5.02 Å². The van der Waals surface area contributed by atoms with Gasteiger partial charge in [0.1, 0.15) is 0 Å². The van der Waals surface area contributed by atoms with Crippen molar-refractivity contribution < 1.29 is 18.3 Å². The highest BCUT2D eigenvalue weighted by Crippen LogP contribution is 2.37. The van der Waals surface area contributed by atoms with Crippen LogP contribution < -0.4 is 15.4 Å². The lowest BCUT2D eigenvalue weighted by molar-refractivity contribution is -0.138. The topological polar surface area (TPSA) is 84.8 Å². The first-order valence-electron chi connectivity index (χ1n) is 10.7. The second kappa shape index (κ2) is 9.40. The number of alkyl halides is 3. The van der Waals surface area contributed by atoms with Crippen molar-refractivity contribution >= 4 is 34.7 Å². The number of aromatic hydroxyl groups is 1. The van der Waals surface area contributed by atoms with E-state index in [0.717, 1.165) is 17.4 Å². The number of fused-ring (bicyclic) bond motifs is 1. The SMILES string of the molecule is O=c1sc(C(Cc2ccc(Cl)cc2C(F)(F)F)=c2ccc3c(c2)C=NN=3)c(O)n1CCn1ccnc1. The molecule has 2 aromatic carbocycles. The van der Waals surface area contributed by atoms with Gasteiger partial charge in [-0.15, -0.1) is 0 Å². The molecule has 0 spiro atoms. The Morgan fingerprint density at radius 1 is 1.14 bits per heavy atom. The summed E-state index contributed by atoms with van der Waals surface area (Å²) in [7, 11) is 0. The van der Waals surface area contributed by atoms with Crippen LogP contribution in [0.5, 0.6) is 5.88 Å². The normalized spacial score (nSPS) is 13.6. The molecule has 1 N–H and O–H groups in total. The maximum Gasteiger partial charge on any atom is 0.416 e.